The second kappa shape index (κ2) is 10.4. The Morgan fingerprint density at radius 1 is 1.12 bits per heavy atom. The van der Waals surface area contributed by atoms with E-state index in [9.17, 15) is 22.8 Å². The van der Waals surface area contributed by atoms with Crippen molar-refractivity contribution in [1.82, 2.24) is 24.5 Å². The van der Waals surface area contributed by atoms with Gasteiger partial charge in [-0.15, -0.1) is 11.3 Å². The van der Waals surface area contributed by atoms with Gasteiger partial charge >= 0.3 is 6.18 Å². The fourth-order valence-corrected chi connectivity index (χ4v) is 5.35. The number of nitrogens with one attached hydrogen (secondary N) is 1. The van der Waals surface area contributed by atoms with Crippen LogP contribution in [0, 0.1) is 20.8 Å². The number of nitrogens with two attached hydrogens (primary N) is 1. The summed E-state index contributed by atoms with van der Waals surface area (Å²) in [6, 6.07) is 8.06. The summed E-state index contributed by atoms with van der Waals surface area (Å²) in [5.74, 6) is -0.971. The van der Waals surface area contributed by atoms with E-state index in [4.69, 9.17) is 10.5 Å². The van der Waals surface area contributed by atoms with Crippen LogP contribution in [0.2, 0.25) is 0 Å². The highest BCUT2D eigenvalue weighted by molar-refractivity contribution is 7.21. The average Bonchev–Trinajstić information content (AvgIpc) is 3.61. The third kappa shape index (κ3) is 5.37. The predicted octanol–water partition coefficient (Wildman–Crippen LogP) is 5.23. The number of hydrogen-bond acceptors (Lipinski definition) is 7. The van der Waals surface area contributed by atoms with Crippen molar-refractivity contribution >= 4 is 39.1 Å². The maximum atomic E-state index is 13.8. The summed E-state index contributed by atoms with van der Waals surface area (Å²) in [6.07, 6.45) is -1.80. The molecule has 4 heterocycles. The number of rotatable bonds is 7. The van der Waals surface area contributed by atoms with Crippen LogP contribution in [-0.4, -0.2) is 36.4 Å². The van der Waals surface area contributed by atoms with Crippen molar-refractivity contribution in [3.63, 3.8) is 0 Å². The van der Waals surface area contributed by atoms with E-state index in [2.05, 4.69) is 20.5 Å². The molecule has 0 bridgehead atoms. The molecule has 5 rings (SSSR count). The molecule has 0 aliphatic carbocycles. The number of carbonyl (C=O) groups is 2. The highest BCUT2D eigenvalue weighted by Crippen LogP contribution is 2.44. The van der Waals surface area contributed by atoms with Crippen molar-refractivity contribution in [1.29, 1.82) is 0 Å². The summed E-state index contributed by atoms with van der Waals surface area (Å²) in [5, 5.41) is 11.2. The number of fused-ring (bicyclic) bond motifs is 1. The lowest BCUT2D eigenvalue weighted by molar-refractivity contribution is -0.140. The Hall–Kier alpha value is -4.72. The number of aromatic nitrogens is 5. The molecule has 0 atom stereocenters. The molecular formula is C27H24F3N7O3S. The molecule has 3 N–H and O–H groups in total. The zero-order chi connectivity index (χ0) is 29.6. The minimum atomic E-state index is -4.76. The molecule has 4 aromatic heterocycles. The summed E-state index contributed by atoms with van der Waals surface area (Å²) in [7, 11) is 1.65. The lowest BCUT2D eigenvalue weighted by Gasteiger charge is -2.12. The van der Waals surface area contributed by atoms with Crippen molar-refractivity contribution in [2.24, 2.45) is 12.8 Å². The van der Waals surface area contributed by atoms with Gasteiger partial charge in [-0.25, -0.2) is 9.67 Å². The van der Waals surface area contributed by atoms with E-state index in [-0.39, 0.29) is 38.8 Å². The van der Waals surface area contributed by atoms with Gasteiger partial charge in [-0.1, -0.05) is 17.7 Å². The number of thiophene rings is 1. The minimum Gasteiger partial charge on any atom is -0.471 e. The monoisotopic (exact) mass is 583 g/mol. The van der Waals surface area contributed by atoms with Gasteiger partial charge in [0.15, 0.2) is 12.4 Å². The van der Waals surface area contributed by atoms with Crippen molar-refractivity contribution < 1.29 is 27.5 Å². The van der Waals surface area contributed by atoms with E-state index in [0.29, 0.717) is 28.3 Å². The van der Waals surface area contributed by atoms with Crippen LogP contribution in [0.4, 0.5) is 18.9 Å². The summed E-state index contributed by atoms with van der Waals surface area (Å²) in [6.45, 7) is 5.61. The number of ether oxygens (including phenoxy) is 1. The predicted molar refractivity (Wildman–Crippen MR) is 147 cm³/mol. The summed E-state index contributed by atoms with van der Waals surface area (Å²) in [5.41, 5.74) is 7.44. The molecule has 0 unspecified atom stereocenters. The third-order valence-corrected chi connectivity index (χ3v) is 7.59. The van der Waals surface area contributed by atoms with Gasteiger partial charge in [0, 0.05) is 29.9 Å². The van der Waals surface area contributed by atoms with Crippen LogP contribution in [0.25, 0.3) is 21.3 Å². The van der Waals surface area contributed by atoms with E-state index >= 15 is 0 Å². The molecule has 0 saturated heterocycles. The number of benzene rings is 1. The van der Waals surface area contributed by atoms with Crippen LogP contribution < -0.4 is 15.8 Å². The van der Waals surface area contributed by atoms with E-state index in [1.807, 2.05) is 32.0 Å². The number of nitrogens with zero attached hydrogens (tertiary/aromatic N) is 5. The number of pyridine rings is 1. The van der Waals surface area contributed by atoms with Crippen LogP contribution >= 0.6 is 11.3 Å². The molecule has 212 valence electrons. The van der Waals surface area contributed by atoms with Crippen LogP contribution in [0.15, 0.2) is 42.7 Å². The maximum Gasteiger partial charge on any atom is 0.433 e. The number of alkyl halides is 3. The minimum absolute atomic E-state index is 0.0111. The zero-order valence-electron chi connectivity index (χ0n) is 22.3. The Bertz CT molecular complexity index is 1820. The second-order valence-corrected chi connectivity index (χ2v) is 10.4. The number of halogens is 3. The first kappa shape index (κ1) is 27.8. The summed E-state index contributed by atoms with van der Waals surface area (Å²) in [4.78, 5) is 29.1. The fourth-order valence-electron chi connectivity index (χ4n) is 4.34. The van der Waals surface area contributed by atoms with Crippen LogP contribution in [0.1, 0.15) is 42.7 Å². The number of carbonyl (C=O) groups excluding carboxylic acids is 2. The molecule has 0 radical (unpaired) electrons. The Morgan fingerprint density at radius 3 is 2.51 bits per heavy atom. The quantitative estimate of drug-likeness (QED) is 0.270. The number of amides is 2. The van der Waals surface area contributed by atoms with Gasteiger partial charge in [-0.2, -0.15) is 23.4 Å². The summed E-state index contributed by atoms with van der Waals surface area (Å²) >= 11 is 0.661. The SMILES string of the molecule is Cc1ccc(OCn2ccc(C(=O)Nc3c(C(N)=O)sc4nc(C(F)(F)F)cc(-c5cnn(C)c5C)c34)n2)c(C)c1. The molecule has 0 aliphatic rings. The van der Waals surface area contributed by atoms with E-state index in [0.717, 1.165) is 17.2 Å². The van der Waals surface area contributed by atoms with Crippen LogP contribution in [0.3, 0.4) is 0 Å². The topological polar surface area (TPSA) is 130 Å². The largest absolute Gasteiger partial charge is 0.471 e. The number of primary amides is 1. The smallest absolute Gasteiger partial charge is 0.433 e. The number of hydrogen-bond donors (Lipinski definition) is 2. The van der Waals surface area contributed by atoms with Crippen molar-refractivity contribution in [2.75, 3.05) is 5.32 Å². The standard InChI is InChI=1S/C27H24F3N7O3S/c1-13-5-6-19(14(2)9-13)40-12-37-8-7-18(35-37)25(39)34-22-21-16(17-11-32-36(4)15(17)3)10-20(27(28,29)30)33-26(21)41-23(22)24(31)38/h5-11H,12H2,1-4H3,(H2,31,38)(H,34,39). The van der Waals surface area contributed by atoms with Gasteiger partial charge in [0.25, 0.3) is 11.8 Å². The number of aryl methyl sites for hydroxylation is 3. The third-order valence-electron chi connectivity index (χ3n) is 6.50. The van der Waals surface area contributed by atoms with Crippen LogP contribution in [-0.2, 0) is 20.0 Å². The number of anilines is 1. The first-order valence-electron chi connectivity index (χ1n) is 12.2. The van der Waals surface area contributed by atoms with E-state index < -0.39 is 23.7 Å². The zero-order valence-corrected chi connectivity index (χ0v) is 23.1. The average molecular weight is 584 g/mol. The maximum absolute atomic E-state index is 13.8. The van der Waals surface area contributed by atoms with Gasteiger partial charge in [-0.3, -0.25) is 14.3 Å². The second-order valence-electron chi connectivity index (χ2n) is 9.41. The molecule has 5 aromatic rings. The lowest BCUT2D eigenvalue weighted by atomic mass is 10.0. The Morgan fingerprint density at radius 2 is 1.88 bits per heavy atom. The highest BCUT2D eigenvalue weighted by atomic mass is 32.1. The summed E-state index contributed by atoms with van der Waals surface area (Å²) < 4.78 is 50.0. The molecule has 0 saturated carbocycles. The van der Waals surface area contributed by atoms with Crippen molar-refractivity contribution in [3.8, 4) is 16.9 Å². The Labute approximate surface area is 235 Å². The van der Waals surface area contributed by atoms with Gasteiger partial charge in [0.2, 0.25) is 0 Å². The van der Waals surface area contributed by atoms with Gasteiger partial charge in [-0.05, 0) is 50.1 Å². The fraction of sp³-hybridized carbons (Fsp3) is 0.222. The first-order chi connectivity index (χ1) is 19.3. The van der Waals surface area contributed by atoms with Crippen molar-refractivity contribution in [2.45, 2.75) is 33.7 Å². The molecule has 1 aromatic carbocycles. The molecule has 0 aliphatic heterocycles. The lowest BCUT2D eigenvalue weighted by Crippen LogP contribution is -2.18. The van der Waals surface area contributed by atoms with Gasteiger partial charge in [0.05, 0.1) is 11.9 Å². The van der Waals surface area contributed by atoms with Crippen molar-refractivity contribution in [3.05, 3.63) is 75.8 Å². The molecule has 14 heteroatoms. The first-order valence-corrected chi connectivity index (χ1v) is 13.0. The van der Waals surface area contributed by atoms with E-state index in [1.54, 1.807) is 20.2 Å². The molecule has 41 heavy (non-hydrogen) atoms. The molecule has 10 nitrogen and oxygen atoms in total. The molecule has 0 spiro atoms. The Kier molecular flexibility index (Phi) is 7.03. The molecular weight excluding hydrogens is 559 g/mol. The van der Waals surface area contributed by atoms with Crippen LogP contribution in [0.5, 0.6) is 5.75 Å². The van der Waals surface area contributed by atoms with Gasteiger partial charge in [0.1, 0.15) is 21.2 Å². The van der Waals surface area contributed by atoms with Gasteiger partial charge < -0.3 is 15.8 Å². The highest BCUT2D eigenvalue weighted by Gasteiger charge is 2.35. The molecule has 2 amide bonds. The molecule has 0 fully saturated rings. The Balaban J connectivity index is 1.52. The van der Waals surface area contributed by atoms with E-state index in [1.165, 1.54) is 21.6 Å². The normalized spacial score (nSPS) is 11.7.